The van der Waals surface area contributed by atoms with Gasteiger partial charge in [-0.1, -0.05) is 32.0 Å². The number of alkyl carbamates (subject to hydrolysis) is 1. The Morgan fingerprint density at radius 3 is 2.63 bits per heavy atom. The van der Waals surface area contributed by atoms with Gasteiger partial charge in [0.05, 0.1) is 42.1 Å². The lowest BCUT2D eigenvalue weighted by Gasteiger charge is -2.32. The number of aromatic amines is 2. The number of fused-ring (bicyclic) bond motifs is 6. The van der Waals surface area contributed by atoms with Crippen LogP contribution >= 0.6 is 0 Å². The van der Waals surface area contributed by atoms with Crippen molar-refractivity contribution >= 4 is 33.8 Å². The third kappa shape index (κ3) is 5.50. The number of ether oxygens (including phenoxy) is 2. The van der Waals surface area contributed by atoms with Gasteiger partial charge in [0, 0.05) is 23.0 Å². The van der Waals surface area contributed by atoms with Crippen LogP contribution in [0.3, 0.4) is 0 Å². The molecule has 0 unspecified atom stereocenters. The van der Waals surface area contributed by atoms with Crippen molar-refractivity contribution in [3.05, 3.63) is 65.9 Å². The molecule has 49 heavy (non-hydrogen) atoms. The minimum atomic E-state index is -0.696. The van der Waals surface area contributed by atoms with Gasteiger partial charge in [0.2, 0.25) is 5.91 Å². The molecule has 2 aromatic heterocycles. The van der Waals surface area contributed by atoms with Gasteiger partial charge in [-0.2, -0.15) is 0 Å². The summed E-state index contributed by atoms with van der Waals surface area (Å²) in [7, 11) is 1.31. The van der Waals surface area contributed by atoms with E-state index in [9.17, 15) is 9.59 Å². The van der Waals surface area contributed by atoms with Gasteiger partial charge < -0.3 is 35.0 Å². The quantitative estimate of drug-likeness (QED) is 0.155. The highest BCUT2D eigenvalue weighted by atomic mass is 16.5. The van der Waals surface area contributed by atoms with Crippen molar-refractivity contribution in [2.45, 2.75) is 90.2 Å². The zero-order valence-corrected chi connectivity index (χ0v) is 28.6. The topological polar surface area (TPSA) is 137 Å². The van der Waals surface area contributed by atoms with E-state index >= 15 is 0 Å². The van der Waals surface area contributed by atoms with Crippen LogP contribution in [0.15, 0.2) is 48.7 Å². The second kappa shape index (κ2) is 12.2. The second-order valence-electron chi connectivity index (χ2n) is 14.2. The maximum Gasteiger partial charge on any atom is 0.407 e. The molecule has 11 nitrogen and oxygen atoms in total. The fourth-order valence-corrected chi connectivity index (χ4v) is 7.92. The zero-order valence-electron chi connectivity index (χ0n) is 28.6. The first-order valence-corrected chi connectivity index (χ1v) is 17.4. The number of amides is 2. The summed E-state index contributed by atoms with van der Waals surface area (Å²) in [5, 5.41) is 8.41. The Morgan fingerprint density at radius 1 is 1.00 bits per heavy atom. The fourth-order valence-electron chi connectivity index (χ4n) is 7.92. The van der Waals surface area contributed by atoms with Crippen LogP contribution in [0.2, 0.25) is 0 Å². The van der Waals surface area contributed by atoms with E-state index in [0.717, 1.165) is 92.8 Å². The minimum Gasteiger partial charge on any atom is -0.488 e. The van der Waals surface area contributed by atoms with Gasteiger partial charge in [0.25, 0.3) is 0 Å². The van der Waals surface area contributed by atoms with Crippen molar-refractivity contribution in [1.29, 1.82) is 0 Å². The molecule has 0 radical (unpaired) electrons. The lowest BCUT2D eigenvalue weighted by atomic mass is 9.92. The molecule has 2 fully saturated rings. The summed E-state index contributed by atoms with van der Waals surface area (Å²) >= 11 is 0. The molecule has 2 saturated heterocycles. The number of aromatic nitrogens is 4. The predicted molar refractivity (Wildman–Crippen MR) is 188 cm³/mol. The molecule has 0 spiro atoms. The van der Waals surface area contributed by atoms with Crippen LogP contribution in [0.4, 0.5) is 4.79 Å². The summed E-state index contributed by atoms with van der Waals surface area (Å²) in [4.78, 5) is 44.7. The van der Waals surface area contributed by atoms with Crippen LogP contribution in [0.1, 0.15) is 82.7 Å². The molecule has 5 heterocycles. The van der Waals surface area contributed by atoms with E-state index in [1.54, 1.807) is 0 Å². The Bertz CT molecular complexity index is 2080. The van der Waals surface area contributed by atoms with Gasteiger partial charge in [-0.25, -0.2) is 14.8 Å². The van der Waals surface area contributed by atoms with Crippen molar-refractivity contribution in [2.24, 2.45) is 5.92 Å². The number of nitrogens with zero attached hydrogens (tertiary/aromatic N) is 3. The van der Waals surface area contributed by atoms with Crippen molar-refractivity contribution in [3.8, 4) is 28.1 Å². The van der Waals surface area contributed by atoms with E-state index in [2.05, 4.69) is 76.9 Å². The van der Waals surface area contributed by atoms with Crippen molar-refractivity contribution in [1.82, 2.24) is 35.5 Å². The summed E-state index contributed by atoms with van der Waals surface area (Å²) < 4.78 is 11.2. The number of hydrogen-bond donors (Lipinski definition) is 4. The summed E-state index contributed by atoms with van der Waals surface area (Å²) in [6.07, 6.45) is 5.19. The number of carbonyl (C=O) groups excluding carboxylic acids is 2. The third-order valence-corrected chi connectivity index (χ3v) is 10.6. The van der Waals surface area contributed by atoms with Crippen LogP contribution in [0.5, 0.6) is 5.75 Å². The number of methoxy groups -OCH3 is 1. The number of benzene rings is 3. The molecule has 0 bridgehead atoms. The Labute approximate surface area is 285 Å². The molecule has 4 N–H and O–H groups in total. The molecule has 8 rings (SSSR count). The Morgan fingerprint density at radius 2 is 1.86 bits per heavy atom. The normalized spacial score (nSPS) is 22.3. The van der Waals surface area contributed by atoms with Crippen LogP contribution in [0.25, 0.3) is 44.2 Å². The van der Waals surface area contributed by atoms with E-state index in [0.29, 0.717) is 12.6 Å². The van der Waals surface area contributed by atoms with Crippen molar-refractivity contribution in [3.63, 3.8) is 0 Å². The second-order valence-corrected chi connectivity index (χ2v) is 14.2. The fraction of sp³-hybridized carbons (Fsp3) is 0.421. The van der Waals surface area contributed by atoms with Gasteiger partial charge in [-0.05, 0) is 91.8 Å². The highest BCUT2D eigenvalue weighted by molar-refractivity contribution is 6.07. The van der Waals surface area contributed by atoms with Gasteiger partial charge in [-0.3, -0.25) is 4.79 Å². The van der Waals surface area contributed by atoms with Gasteiger partial charge in [0.15, 0.2) is 0 Å². The number of imidazole rings is 2. The van der Waals surface area contributed by atoms with Crippen LogP contribution in [0, 0.1) is 5.92 Å². The van der Waals surface area contributed by atoms with Gasteiger partial charge in [-0.15, -0.1) is 0 Å². The molecule has 254 valence electrons. The molecule has 3 aliphatic heterocycles. The van der Waals surface area contributed by atoms with Crippen LogP contribution in [-0.2, 0) is 16.1 Å². The predicted octanol–water partition coefficient (Wildman–Crippen LogP) is 6.91. The highest BCUT2D eigenvalue weighted by Gasteiger charge is 2.41. The highest BCUT2D eigenvalue weighted by Crippen LogP contribution is 2.43. The third-order valence-electron chi connectivity index (χ3n) is 10.6. The van der Waals surface area contributed by atoms with E-state index in [1.807, 2.05) is 24.9 Å². The van der Waals surface area contributed by atoms with E-state index in [1.165, 1.54) is 7.11 Å². The molecule has 5 aromatic rings. The van der Waals surface area contributed by atoms with E-state index in [-0.39, 0.29) is 30.0 Å². The first-order chi connectivity index (χ1) is 23.7. The van der Waals surface area contributed by atoms with Crippen molar-refractivity contribution in [2.75, 3.05) is 7.11 Å². The number of nitrogens with one attached hydrogen (secondary N) is 4. The lowest BCUT2D eigenvalue weighted by molar-refractivity contribution is -0.137. The number of carbonyl (C=O) groups is 2. The Balaban J connectivity index is 1.09. The molecule has 2 amide bonds. The average Bonchev–Trinajstić information content (AvgIpc) is 3.91. The van der Waals surface area contributed by atoms with Gasteiger partial charge >= 0.3 is 6.09 Å². The molecule has 5 atom stereocenters. The zero-order chi connectivity index (χ0) is 34.0. The molecule has 11 heteroatoms. The monoisotopic (exact) mass is 661 g/mol. The van der Waals surface area contributed by atoms with E-state index in [4.69, 9.17) is 19.4 Å². The van der Waals surface area contributed by atoms with Crippen LogP contribution in [-0.4, -0.2) is 62.1 Å². The number of rotatable bonds is 6. The smallest absolute Gasteiger partial charge is 0.407 e. The number of H-pyrrole nitrogens is 2. The summed E-state index contributed by atoms with van der Waals surface area (Å²) in [6.45, 7) is 8.59. The average molecular weight is 662 g/mol. The summed E-state index contributed by atoms with van der Waals surface area (Å²) in [5.41, 5.74) is 7.22. The summed E-state index contributed by atoms with van der Waals surface area (Å²) in [6, 6.07) is 14.9. The molecule has 0 saturated carbocycles. The number of hydrogen-bond acceptors (Lipinski definition) is 7. The maximum atomic E-state index is 13.9. The van der Waals surface area contributed by atoms with Crippen molar-refractivity contribution < 1.29 is 19.1 Å². The van der Waals surface area contributed by atoms with Crippen LogP contribution < -0.4 is 15.4 Å². The molecule has 3 aliphatic rings. The standard InChI is InChI=1S/C38H43N7O4/c1-19(2)33(44-38(47)48-5)37(46)45-21(4)7-13-31(45)36-41-28-12-9-22-15-27-25-10-8-23(30-17-39-35(42-30)29-11-6-20(3)40-29)14-24(25)18-49-32(27)16-26(22)34(28)43-36/h8-10,12,14-17,19-21,29,31,33,40H,6-7,11,13,18H2,1-5H3,(H,39,42)(H,41,43)(H,44,47)/t20-,21-,29-,31-,33-/m0/s1. The SMILES string of the molecule is COC(=O)N[C@H](C(=O)N1[C@@H](C)CC[C@H]1c1nc2c(ccc3cc4c(cc32)OCc2cc(-c3cnc([C@@H]5CC[C@H](C)N5)[nH]3)ccc2-4)[nH]1)C(C)C. The minimum absolute atomic E-state index is 0.00703. The maximum absolute atomic E-state index is 13.9. The molecule has 3 aromatic carbocycles. The first-order valence-electron chi connectivity index (χ1n) is 17.4. The Hall–Kier alpha value is -4.90. The largest absolute Gasteiger partial charge is 0.488 e. The van der Waals surface area contributed by atoms with Gasteiger partial charge in [0.1, 0.15) is 30.0 Å². The first kappa shape index (κ1) is 31.4. The summed E-state index contributed by atoms with van der Waals surface area (Å²) in [5.74, 6) is 2.34. The molecule has 0 aliphatic carbocycles. The molecular formula is C38H43N7O4. The number of likely N-dealkylation sites (tertiary alicyclic amines) is 1. The Kier molecular flexibility index (Phi) is 7.82. The van der Waals surface area contributed by atoms with E-state index < -0.39 is 12.1 Å². The molecular weight excluding hydrogens is 618 g/mol. The lowest BCUT2D eigenvalue weighted by Crippen LogP contribution is -2.52.